The second kappa shape index (κ2) is 7.86. The van der Waals surface area contributed by atoms with E-state index >= 15 is 0 Å². The Labute approximate surface area is 206 Å². The van der Waals surface area contributed by atoms with Gasteiger partial charge in [0.2, 0.25) is 0 Å². The molecule has 0 radical (unpaired) electrons. The van der Waals surface area contributed by atoms with Crippen LogP contribution in [0.5, 0.6) is 0 Å². The van der Waals surface area contributed by atoms with Crippen molar-refractivity contribution in [3.63, 3.8) is 0 Å². The molecule has 36 heavy (non-hydrogen) atoms. The van der Waals surface area contributed by atoms with Gasteiger partial charge in [0.1, 0.15) is 11.3 Å². The number of benzene rings is 3. The van der Waals surface area contributed by atoms with Crippen molar-refractivity contribution in [1.82, 2.24) is 19.2 Å². The largest absolute Gasteiger partial charge is 0.422 e. The zero-order valence-electron chi connectivity index (χ0n) is 18.7. The van der Waals surface area contributed by atoms with Gasteiger partial charge in [0, 0.05) is 17.1 Å². The van der Waals surface area contributed by atoms with Gasteiger partial charge in [0.25, 0.3) is 5.56 Å². The number of para-hydroxylation sites is 4. The van der Waals surface area contributed by atoms with Crippen LogP contribution in [0.15, 0.2) is 105 Å². The Morgan fingerprint density at radius 1 is 0.889 bits per heavy atom. The lowest BCUT2D eigenvalue weighted by Crippen LogP contribution is -2.22. The van der Waals surface area contributed by atoms with Crippen LogP contribution in [-0.2, 0) is 0 Å². The normalized spacial score (nSPS) is 12.3. The molecule has 7 aromatic rings. The van der Waals surface area contributed by atoms with E-state index in [9.17, 15) is 9.59 Å². The van der Waals surface area contributed by atoms with Gasteiger partial charge in [-0.05, 0) is 42.5 Å². The van der Waals surface area contributed by atoms with E-state index < -0.39 is 5.63 Å². The highest BCUT2D eigenvalue weighted by atomic mass is 32.1. The fourth-order valence-corrected chi connectivity index (χ4v) is 5.37. The molecule has 0 N–H and O–H groups in total. The lowest BCUT2D eigenvalue weighted by molar-refractivity contribution is 0.563. The monoisotopic (exact) mass is 488 g/mol. The highest BCUT2D eigenvalue weighted by Crippen LogP contribution is 2.25. The fourth-order valence-electron chi connectivity index (χ4n) is 4.40. The van der Waals surface area contributed by atoms with Crippen molar-refractivity contribution in [3.8, 4) is 16.9 Å². The molecule has 7 nitrogen and oxygen atoms in total. The summed E-state index contributed by atoms with van der Waals surface area (Å²) in [6.45, 7) is 0. The maximum absolute atomic E-state index is 13.4. The molecule has 4 heterocycles. The zero-order chi connectivity index (χ0) is 24.2. The van der Waals surface area contributed by atoms with Crippen LogP contribution in [0, 0.1) is 0 Å². The summed E-state index contributed by atoms with van der Waals surface area (Å²) in [6.07, 6.45) is 3.59. The lowest BCUT2D eigenvalue weighted by atomic mass is 10.1. The number of rotatable bonds is 3. The lowest BCUT2D eigenvalue weighted by Gasteiger charge is -2.01. The third kappa shape index (κ3) is 3.19. The van der Waals surface area contributed by atoms with Crippen LogP contribution in [0.1, 0.15) is 5.56 Å². The van der Waals surface area contributed by atoms with Crippen molar-refractivity contribution >= 4 is 44.4 Å². The fraction of sp³-hybridized carbons (Fsp3) is 0. The molecule has 0 saturated heterocycles. The molecular formula is C28H16N4O3S. The molecule has 0 atom stereocenters. The minimum absolute atomic E-state index is 0.160. The highest BCUT2D eigenvalue weighted by Gasteiger charge is 2.18. The summed E-state index contributed by atoms with van der Waals surface area (Å²) in [5, 5.41) is 5.53. The summed E-state index contributed by atoms with van der Waals surface area (Å²) in [7, 11) is 0. The standard InChI is InChI=1S/C28H16N4O3S/c33-26-24(36-28-29-21-11-5-6-12-22(21)32(26)28)15-18-16-31(19-9-2-1-3-10-19)30-25(18)20-14-17-8-4-7-13-23(17)35-27(20)34/h1-16H/b24-15+. The van der Waals surface area contributed by atoms with Gasteiger partial charge in [-0.2, -0.15) is 5.10 Å². The molecule has 0 spiro atoms. The van der Waals surface area contributed by atoms with E-state index in [0.29, 0.717) is 31.9 Å². The average Bonchev–Trinajstić information content (AvgIpc) is 3.57. The molecule has 0 aliphatic heterocycles. The quantitative estimate of drug-likeness (QED) is 0.344. The molecular weight excluding hydrogens is 472 g/mol. The van der Waals surface area contributed by atoms with E-state index in [1.54, 1.807) is 27.3 Å². The number of imidazole rings is 1. The molecule has 0 amide bonds. The van der Waals surface area contributed by atoms with E-state index in [0.717, 1.165) is 22.1 Å². The molecule has 0 aliphatic rings. The van der Waals surface area contributed by atoms with E-state index in [4.69, 9.17) is 9.52 Å². The Balaban J connectivity index is 1.50. The van der Waals surface area contributed by atoms with Crippen LogP contribution >= 0.6 is 11.3 Å². The van der Waals surface area contributed by atoms with Crippen LogP contribution < -0.4 is 15.7 Å². The first-order valence-corrected chi connectivity index (χ1v) is 12.1. The van der Waals surface area contributed by atoms with Gasteiger partial charge in [-0.25, -0.2) is 18.9 Å². The molecule has 0 aliphatic carbocycles. The molecule has 8 heteroatoms. The van der Waals surface area contributed by atoms with Gasteiger partial charge in [-0.15, -0.1) is 0 Å². The van der Waals surface area contributed by atoms with Crippen molar-refractivity contribution in [2.24, 2.45) is 0 Å². The Morgan fingerprint density at radius 3 is 2.56 bits per heavy atom. The summed E-state index contributed by atoms with van der Waals surface area (Å²) in [5.74, 6) is 0. The van der Waals surface area contributed by atoms with Gasteiger partial charge in [0.05, 0.1) is 26.8 Å². The minimum Gasteiger partial charge on any atom is -0.422 e. The molecule has 3 aromatic carbocycles. The molecule has 0 unspecified atom stereocenters. The SMILES string of the molecule is O=c1oc2ccccc2cc1-c1nn(-c2ccccc2)cc1/C=c1/sc2nc3ccccc3n2c1=O. The van der Waals surface area contributed by atoms with E-state index in [-0.39, 0.29) is 5.56 Å². The molecule has 7 rings (SSSR count). The highest BCUT2D eigenvalue weighted by molar-refractivity contribution is 7.15. The van der Waals surface area contributed by atoms with E-state index in [1.807, 2.05) is 79.0 Å². The van der Waals surface area contributed by atoms with Crippen LogP contribution in [-0.4, -0.2) is 19.2 Å². The van der Waals surface area contributed by atoms with Crippen molar-refractivity contribution in [1.29, 1.82) is 0 Å². The van der Waals surface area contributed by atoms with Gasteiger partial charge < -0.3 is 4.42 Å². The first kappa shape index (κ1) is 20.5. The second-order valence-electron chi connectivity index (χ2n) is 8.33. The maximum Gasteiger partial charge on any atom is 0.345 e. The van der Waals surface area contributed by atoms with Gasteiger partial charge in [0.15, 0.2) is 4.96 Å². The number of nitrogens with zero attached hydrogens (tertiary/aromatic N) is 4. The number of thiazole rings is 1. The van der Waals surface area contributed by atoms with E-state index in [2.05, 4.69) is 4.98 Å². The van der Waals surface area contributed by atoms with Crippen LogP contribution in [0.3, 0.4) is 0 Å². The van der Waals surface area contributed by atoms with Crippen LogP contribution in [0.4, 0.5) is 0 Å². The van der Waals surface area contributed by atoms with Gasteiger partial charge in [-0.3, -0.25) is 4.79 Å². The summed E-state index contributed by atoms with van der Waals surface area (Å²) in [6, 6.07) is 26.3. The third-order valence-corrected chi connectivity index (χ3v) is 7.06. The van der Waals surface area contributed by atoms with Gasteiger partial charge >= 0.3 is 5.63 Å². The Bertz CT molecular complexity index is 2100. The smallest absolute Gasteiger partial charge is 0.345 e. The Morgan fingerprint density at radius 2 is 1.67 bits per heavy atom. The van der Waals surface area contributed by atoms with Crippen LogP contribution in [0.25, 0.3) is 50.0 Å². The van der Waals surface area contributed by atoms with E-state index in [1.165, 1.54) is 11.3 Å². The summed E-state index contributed by atoms with van der Waals surface area (Å²) >= 11 is 1.31. The molecule has 4 aromatic heterocycles. The topological polar surface area (TPSA) is 82.4 Å². The van der Waals surface area contributed by atoms with Crippen molar-refractivity contribution in [2.45, 2.75) is 0 Å². The second-order valence-corrected chi connectivity index (χ2v) is 9.34. The van der Waals surface area contributed by atoms with Crippen LogP contribution in [0.2, 0.25) is 0 Å². The predicted molar refractivity (Wildman–Crippen MR) is 141 cm³/mol. The van der Waals surface area contributed by atoms with Crippen molar-refractivity contribution < 1.29 is 4.42 Å². The zero-order valence-corrected chi connectivity index (χ0v) is 19.5. The summed E-state index contributed by atoms with van der Waals surface area (Å²) in [4.78, 5) is 31.6. The number of hydrogen-bond acceptors (Lipinski definition) is 6. The average molecular weight is 489 g/mol. The molecule has 0 fully saturated rings. The first-order valence-electron chi connectivity index (χ1n) is 11.3. The maximum atomic E-state index is 13.4. The number of hydrogen-bond donors (Lipinski definition) is 0. The van der Waals surface area contributed by atoms with Gasteiger partial charge in [-0.1, -0.05) is 59.9 Å². The number of fused-ring (bicyclic) bond motifs is 4. The third-order valence-electron chi connectivity index (χ3n) is 6.09. The van der Waals surface area contributed by atoms with Crippen molar-refractivity contribution in [3.05, 3.63) is 122 Å². The molecule has 172 valence electrons. The number of aromatic nitrogens is 4. The molecule has 0 bridgehead atoms. The predicted octanol–water partition coefficient (Wildman–Crippen LogP) is 4.42. The Hall–Kier alpha value is -4.82. The van der Waals surface area contributed by atoms with Crippen molar-refractivity contribution in [2.75, 3.05) is 0 Å². The minimum atomic E-state index is -0.490. The Kier molecular flexibility index (Phi) is 4.49. The summed E-state index contributed by atoms with van der Waals surface area (Å²) < 4.78 is 9.41. The first-order chi connectivity index (χ1) is 17.7. The summed E-state index contributed by atoms with van der Waals surface area (Å²) in [5.41, 5.74) is 3.63. The molecule has 0 saturated carbocycles.